The van der Waals surface area contributed by atoms with Crippen LogP contribution >= 0.6 is 72.0 Å². The van der Waals surface area contributed by atoms with Gasteiger partial charge >= 0.3 is 18.3 Å². The second-order valence-electron chi connectivity index (χ2n) is 8.79. The molecule has 0 bridgehead atoms. The molecular formula is C31H23Cl3F6I2O5. The van der Waals surface area contributed by atoms with Gasteiger partial charge in [0.05, 0.1) is 11.1 Å². The number of aliphatic carboxylic acids is 1. The quantitative estimate of drug-likeness (QED) is 0.108. The SMILES string of the molecule is C.II.O=C(Cl)[C@H](Oc1cccc(C(F)(F)F)c1)c1ccc(Cl)cc1.O=C(O)[C@H](Oc1cccc(C(F)(F)F)c1)c1ccc(Cl)cc1. The van der Waals surface area contributed by atoms with Crippen LogP contribution in [0.25, 0.3) is 0 Å². The number of carboxylic acid groups (broad SMARTS) is 1. The van der Waals surface area contributed by atoms with Gasteiger partial charge in [0.1, 0.15) is 11.5 Å². The van der Waals surface area contributed by atoms with E-state index in [-0.39, 0.29) is 24.5 Å². The van der Waals surface area contributed by atoms with Gasteiger partial charge in [-0.2, -0.15) is 26.3 Å². The zero-order valence-corrected chi connectivity index (χ0v) is 29.2. The molecule has 2 atom stereocenters. The van der Waals surface area contributed by atoms with E-state index in [4.69, 9.17) is 44.3 Å². The number of benzene rings is 4. The summed E-state index contributed by atoms with van der Waals surface area (Å²) in [6.45, 7) is 0. The lowest BCUT2D eigenvalue weighted by molar-refractivity contribution is -0.145. The van der Waals surface area contributed by atoms with Gasteiger partial charge in [-0.25, -0.2) is 4.79 Å². The van der Waals surface area contributed by atoms with Crippen LogP contribution in [-0.4, -0.2) is 16.3 Å². The Morgan fingerprint density at radius 2 is 0.979 bits per heavy atom. The summed E-state index contributed by atoms with van der Waals surface area (Å²) in [7, 11) is 0. The fourth-order valence-electron chi connectivity index (χ4n) is 3.55. The number of halogens is 11. The molecule has 0 radical (unpaired) electrons. The molecule has 4 aromatic rings. The lowest BCUT2D eigenvalue weighted by Crippen LogP contribution is -2.18. The van der Waals surface area contributed by atoms with E-state index < -0.39 is 46.9 Å². The molecule has 0 aromatic heterocycles. The third kappa shape index (κ3) is 13.9. The van der Waals surface area contributed by atoms with Crippen molar-refractivity contribution in [3.8, 4) is 11.5 Å². The number of hydrogen-bond acceptors (Lipinski definition) is 4. The lowest BCUT2D eigenvalue weighted by Gasteiger charge is -2.17. The summed E-state index contributed by atoms with van der Waals surface area (Å²) in [5.74, 6) is -1.61. The number of rotatable bonds is 8. The molecule has 0 unspecified atom stereocenters. The van der Waals surface area contributed by atoms with Crippen LogP contribution < -0.4 is 9.47 Å². The fraction of sp³-hybridized carbons (Fsp3) is 0.161. The van der Waals surface area contributed by atoms with Gasteiger partial charge in [-0.05, 0) is 72.3 Å². The van der Waals surface area contributed by atoms with Crippen LogP contribution in [-0.2, 0) is 21.9 Å². The van der Waals surface area contributed by atoms with E-state index in [0.717, 1.165) is 30.3 Å². The average Bonchev–Trinajstić information content (AvgIpc) is 3.00. The van der Waals surface area contributed by atoms with Crippen molar-refractivity contribution >= 4 is 83.2 Å². The molecule has 47 heavy (non-hydrogen) atoms. The van der Waals surface area contributed by atoms with Crippen LogP contribution in [0, 0.1) is 0 Å². The van der Waals surface area contributed by atoms with Gasteiger partial charge in [0, 0.05) is 58.4 Å². The third-order valence-corrected chi connectivity index (χ3v) is 6.31. The van der Waals surface area contributed by atoms with Crippen molar-refractivity contribution in [3.63, 3.8) is 0 Å². The summed E-state index contributed by atoms with van der Waals surface area (Å²) in [5, 5.41) is 9.22. The third-order valence-electron chi connectivity index (χ3n) is 5.61. The summed E-state index contributed by atoms with van der Waals surface area (Å²) in [5.41, 5.74) is -1.12. The highest BCUT2D eigenvalue weighted by molar-refractivity contribution is 15.0. The molecule has 0 amide bonds. The molecule has 0 fully saturated rings. The predicted octanol–water partition coefficient (Wildman–Crippen LogP) is 12.2. The van der Waals surface area contributed by atoms with E-state index >= 15 is 0 Å². The van der Waals surface area contributed by atoms with Crippen molar-refractivity contribution in [3.05, 3.63) is 129 Å². The van der Waals surface area contributed by atoms with Crippen molar-refractivity contribution in [2.24, 2.45) is 0 Å². The number of carbonyl (C=O) groups is 2. The van der Waals surface area contributed by atoms with E-state index in [1.807, 2.05) is 0 Å². The van der Waals surface area contributed by atoms with Crippen molar-refractivity contribution < 1.29 is 50.5 Å². The number of ether oxygens (including phenoxy) is 2. The zero-order chi connectivity index (χ0) is 34.7. The Balaban J connectivity index is 0.000000438. The van der Waals surface area contributed by atoms with Crippen LogP contribution in [0.1, 0.15) is 41.9 Å². The minimum atomic E-state index is -4.53. The summed E-state index contributed by atoms with van der Waals surface area (Å²) >= 11 is 21.2. The molecular weight excluding hydrogens is 926 g/mol. The normalized spacial score (nSPS) is 12.1. The molecule has 0 spiro atoms. The Morgan fingerprint density at radius 1 is 0.638 bits per heavy atom. The molecule has 0 saturated heterocycles. The first-order valence-corrected chi connectivity index (χ1v) is 19.7. The second kappa shape index (κ2) is 19.5. The molecule has 0 aliphatic rings. The van der Waals surface area contributed by atoms with E-state index in [9.17, 15) is 41.0 Å². The first-order chi connectivity index (χ1) is 21.5. The highest BCUT2D eigenvalue weighted by atomic mass is 128. The fourth-order valence-corrected chi connectivity index (χ4v) is 3.97. The standard InChI is InChI=1S/C15H9Cl2F3O2.C15H10ClF3O3.CH4.I2/c16-11-6-4-9(5-7-11)13(14(17)21)22-12-3-1-2-10(8-12)15(18,19)20;16-11-6-4-9(5-7-11)13(14(20)21)22-12-3-1-2-10(8-12)15(17,18)19;;1-2/h1-8,13H;1-8,13H,(H,20,21);1H4;/t2*13-;;/m11../s1. The smallest absolute Gasteiger partial charge is 0.416 e. The van der Waals surface area contributed by atoms with Crippen LogP contribution in [0.4, 0.5) is 26.3 Å². The van der Waals surface area contributed by atoms with Crippen molar-refractivity contribution in [2.75, 3.05) is 0 Å². The van der Waals surface area contributed by atoms with Gasteiger partial charge in [-0.15, -0.1) is 0 Å². The van der Waals surface area contributed by atoms with Crippen molar-refractivity contribution in [1.82, 2.24) is 0 Å². The predicted molar refractivity (Wildman–Crippen MR) is 186 cm³/mol. The van der Waals surface area contributed by atoms with Gasteiger partial charge in [0.15, 0.2) is 6.10 Å². The summed E-state index contributed by atoms with van der Waals surface area (Å²) in [6, 6.07) is 20.2. The van der Waals surface area contributed by atoms with Crippen LogP contribution in [0.3, 0.4) is 0 Å². The zero-order valence-electron chi connectivity index (χ0n) is 22.6. The summed E-state index contributed by atoms with van der Waals surface area (Å²) < 4.78 is 86.4. The monoisotopic (exact) mass is 948 g/mol. The molecule has 254 valence electrons. The largest absolute Gasteiger partial charge is 0.478 e. The van der Waals surface area contributed by atoms with Gasteiger partial charge in [-0.1, -0.05) is 67.0 Å². The molecule has 4 aromatic carbocycles. The molecule has 0 saturated carbocycles. The minimum absolute atomic E-state index is 0. The summed E-state index contributed by atoms with van der Waals surface area (Å²) in [4.78, 5) is 22.8. The summed E-state index contributed by atoms with van der Waals surface area (Å²) in [6.07, 6.45) is -11.7. The minimum Gasteiger partial charge on any atom is -0.478 e. The molecule has 4 rings (SSSR count). The number of carboxylic acids is 1. The van der Waals surface area contributed by atoms with E-state index in [1.165, 1.54) is 66.7 Å². The average molecular weight is 950 g/mol. The highest BCUT2D eigenvalue weighted by Gasteiger charge is 2.32. The Morgan fingerprint density at radius 3 is 1.30 bits per heavy atom. The molecule has 16 heteroatoms. The maximum absolute atomic E-state index is 12.7. The van der Waals surface area contributed by atoms with E-state index in [2.05, 4.69) is 37.2 Å². The topological polar surface area (TPSA) is 72.8 Å². The van der Waals surface area contributed by atoms with Crippen molar-refractivity contribution in [1.29, 1.82) is 0 Å². The Labute approximate surface area is 304 Å². The van der Waals surface area contributed by atoms with Crippen molar-refractivity contribution in [2.45, 2.75) is 32.0 Å². The molecule has 0 aliphatic heterocycles. The van der Waals surface area contributed by atoms with E-state index in [1.54, 1.807) is 0 Å². The van der Waals surface area contributed by atoms with E-state index in [0.29, 0.717) is 15.6 Å². The van der Waals surface area contributed by atoms with Gasteiger partial charge < -0.3 is 14.6 Å². The highest BCUT2D eigenvalue weighted by Crippen LogP contribution is 2.34. The van der Waals surface area contributed by atoms with Crippen LogP contribution in [0.2, 0.25) is 10.0 Å². The first kappa shape index (κ1) is 42.6. The second-order valence-corrected chi connectivity index (χ2v) is 10.0. The lowest BCUT2D eigenvalue weighted by atomic mass is 10.1. The number of alkyl halides is 6. The van der Waals surface area contributed by atoms with Gasteiger partial charge in [-0.3, -0.25) is 4.79 Å². The van der Waals surface area contributed by atoms with Crippen LogP contribution in [0.15, 0.2) is 97.1 Å². The Bertz CT molecular complexity index is 1470. The van der Waals surface area contributed by atoms with Crippen LogP contribution in [0.5, 0.6) is 11.5 Å². The Hall–Kier alpha value is -2.47. The maximum atomic E-state index is 12.7. The number of carbonyl (C=O) groups excluding carboxylic acids is 1. The Kier molecular flexibility index (Phi) is 17.7. The molecule has 1 N–H and O–H groups in total. The van der Waals surface area contributed by atoms with Gasteiger partial charge in [0.2, 0.25) is 6.10 Å². The maximum Gasteiger partial charge on any atom is 0.416 e. The first-order valence-electron chi connectivity index (χ1n) is 12.3. The molecule has 0 heterocycles. The van der Waals surface area contributed by atoms with Gasteiger partial charge in [0.25, 0.3) is 5.24 Å². The molecule has 0 aliphatic carbocycles. The number of hydrogen-bond donors (Lipinski definition) is 1. The molecule has 5 nitrogen and oxygen atoms in total.